The number of carbonyl (C=O) groups is 1. The molecule has 0 spiro atoms. The van der Waals surface area contributed by atoms with E-state index in [4.69, 9.17) is 4.74 Å². The molecule has 0 saturated carbocycles. The number of ether oxygens (including phenoxy) is 1. The molecule has 1 aliphatic rings. The molecule has 1 unspecified atom stereocenters. The summed E-state index contributed by atoms with van der Waals surface area (Å²) in [5.41, 5.74) is 1.68. The summed E-state index contributed by atoms with van der Waals surface area (Å²) in [4.78, 5) is 19.2. The van der Waals surface area contributed by atoms with Gasteiger partial charge in [0.25, 0.3) is 0 Å². The Hall–Kier alpha value is -3.35. The van der Waals surface area contributed by atoms with Crippen molar-refractivity contribution in [3.63, 3.8) is 0 Å². The van der Waals surface area contributed by atoms with Crippen molar-refractivity contribution in [1.82, 2.24) is 20.1 Å². The summed E-state index contributed by atoms with van der Waals surface area (Å²) in [6.45, 7) is 0.689. The molecule has 4 rings (SSSR count). The summed E-state index contributed by atoms with van der Waals surface area (Å²) in [6.07, 6.45) is 1.79. The number of nitrogens with one attached hydrogen (secondary N) is 2. The van der Waals surface area contributed by atoms with Crippen molar-refractivity contribution < 1.29 is 9.53 Å². The number of rotatable bonds is 4. The SMILES string of the molecule is COc1ccc(NC(=O)N2CCCC2c2nc(-c3ccccc3)n[nH]2)cc1. The third kappa shape index (κ3) is 3.62. The van der Waals surface area contributed by atoms with Crippen molar-refractivity contribution in [3.05, 3.63) is 60.4 Å². The Morgan fingerprint density at radius 2 is 1.96 bits per heavy atom. The molecule has 1 aromatic heterocycles. The fourth-order valence-corrected chi connectivity index (χ4v) is 3.30. The molecule has 7 nitrogen and oxygen atoms in total. The van der Waals surface area contributed by atoms with Crippen molar-refractivity contribution in [1.29, 1.82) is 0 Å². The van der Waals surface area contributed by atoms with Gasteiger partial charge in [0.1, 0.15) is 11.6 Å². The second-order valence-electron chi connectivity index (χ2n) is 6.42. The molecule has 2 amide bonds. The second kappa shape index (κ2) is 7.49. The minimum Gasteiger partial charge on any atom is -0.497 e. The molecule has 0 aliphatic carbocycles. The molecular weight excluding hydrogens is 342 g/mol. The minimum absolute atomic E-state index is 0.104. The highest BCUT2D eigenvalue weighted by atomic mass is 16.5. The molecule has 7 heteroatoms. The number of H-pyrrole nitrogens is 1. The van der Waals surface area contributed by atoms with E-state index in [9.17, 15) is 4.79 Å². The van der Waals surface area contributed by atoms with Crippen molar-refractivity contribution in [3.8, 4) is 17.1 Å². The van der Waals surface area contributed by atoms with Crippen LogP contribution in [-0.2, 0) is 0 Å². The third-order valence-corrected chi connectivity index (χ3v) is 4.71. The number of methoxy groups -OCH3 is 1. The molecule has 1 fully saturated rings. The summed E-state index contributed by atoms with van der Waals surface area (Å²) < 4.78 is 5.15. The number of aromatic amines is 1. The molecule has 0 radical (unpaired) electrons. The first kappa shape index (κ1) is 17.1. The lowest BCUT2D eigenvalue weighted by molar-refractivity contribution is 0.205. The van der Waals surface area contributed by atoms with Gasteiger partial charge in [0.15, 0.2) is 5.82 Å². The lowest BCUT2D eigenvalue weighted by atomic mass is 10.2. The van der Waals surface area contributed by atoms with Gasteiger partial charge >= 0.3 is 6.03 Å². The molecule has 2 heterocycles. The molecule has 1 atom stereocenters. The number of carbonyl (C=O) groups excluding carboxylic acids is 1. The normalized spacial score (nSPS) is 16.3. The van der Waals surface area contributed by atoms with Crippen molar-refractivity contribution in [2.75, 3.05) is 19.0 Å². The second-order valence-corrected chi connectivity index (χ2v) is 6.42. The number of urea groups is 1. The van der Waals surface area contributed by atoms with E-state index in [1.807, 2.05) is 54.6 Å². The Kier molecular flexibility index (Phi) is 4.74. The van der Waals surface area contributed by atoms with Crippen LogP contribution in [0.25, 0.3) is 11.4 Å². The van der Waals surface area contributed by atoms with Crippen LogP contribution in [-0.4, -0.2) is 39.8 Å². The first-order chi connectivity index (χ1) is 13.2. The Labute approximate surface area is 157 Å². The predicted molar refractivity (Wildman–Crippen MR) is 103 cm³/mol. The van der Waals surface area contributed by atoms with Gasteiger partial charge in [0.05, 0.1) is 13.2 Å². The summed E-state index contributed by atoms with van der Waals surface area (Å²) in [6, 6.07) is 16.8. The molecular formula is C20H21N5O2. The molecule has 27 heavy (non-hydrogen) atoms. The highest BCUT2D eigenvalue weighted by molar-refractivity contribution is 5.89. The van der Waals surface area contributed by atoms with Gasteiger partial charge in [0, 0.05) is 17.8 Å². The summed E-state index contributed by atoms with van der Waals surface area (Å²) in [7, 11) is 1.61. The Morgan fingerprint density at radius 3 is 2.70 bits per heavy atom. The van der Waals surface area contributed by atoms with Crippen LogP contribution in [0.3, 0.4) is 0 Å². The van der Waals surface area contributed by atoms with Crippen LogP contribution in [0.15, 0.2) is 54.6 Å². The fourth-order valence-electron chi connectivity index (χ4n) is 3.30. The van der Waals surface area contributed by atoms with Gasteiger partial charge in [-0.05, 0) is 37.1 Å². The molecule has 1 aliphatic heterocycles. The smallest absolute Gasteiger partial charge is 0.322 e. The van der Waals surface area contributed by atoms with Gasteiger partial charge in [-0.1, -0.05) is 30.3 Å². The molecule has 1 saturated heterocycles. The van der Waals surface area contributed by atoms with Gasteiger partial charge in [-0.3, -0.25) is 5.10 Å². The van der Waals surface area contributed by atoms with Crippen LogP contribution >= 0.6 is 0 Å². The third-order valence-electron chi connectivity index (χ3n) is 4.71. The fraction of sp³-hybridized carbons (Fsp3) is 0.250. The van der Waals surface area contributed by atoms with Crippen LogP contribution in [0.5, 0.6) is 5.75 Å². The number of likely N-dealkylation sites (tertiary alicyclic amines) is 1. The zero-order valence-corrected chi connectivity index (χ0v) is 15.1. The molecule has 138 valence electrons. The highest BCUT2D eigenvalue weighted by Crippen LogP contribution is 2.31. The first-order valence-electron chi connectivity index (χ1n) is 8.94. The zero-order chi connectivity index (χ0) is 18.6. The molecule has 2 N–H and O–H groups in total. The number of hydrogen-bond donors (Lipinski definition) is 2. The van der Waals surface area contributed by atoms with E-state index in [2.05, 4.69) is 20.5 Å². The largest absolute Gasteiger partial charge is 0.497 e. The van der Waals surface area contributed by atoms with Crippen LogP contribution < -0.4 is 10.1 Å². The van der Waals surface area contributed by atoms with E-state index in [0.29, 0.717) is 12.4 Å². The van der Waals surface area contributed by atoms with E-state index in [1.54, 1.807) is 12.0 Å². The monoisotopic (exact) mass is 363 g/mol. The zero-order valence-electron chi connectivity index (χ0n) is 15.1. The Morgan fingerprint density at radius 1 is 1.19 bits per heavy atom. The molecule has 2 aromatic carbocycles. The minimum atomic E-state index is -0.139. The van der Waals surface area contributed by atoms with Gasteiger partial charge in [-0.2, -0.15) is 5.10 Å². The van der Waals surface area contributed by atoms with Gasteiger partial charge in [-0.25, -0.2) is 9.78 Å². The van der Waals surface area contributed by atoms with Crippen molar-refractivity contribution >= 4 is 11.7 Å². The quantitative estimate of drug-likeness (QED) is 0.737. The first-order valence-corrected chi connectivity index (χ1v) is 8.94. The topological polar surface area (TPSA) is 83.1 Å². The Balaban J connectivity index is 1.48. The van der Waals surface area contributed by atoms with Crippen molar-refractivity contribution in [2.45, 2.75) is 18.9 Å². The molecule has 3 aromatic rings. The predicted octanol–water partition coefficient (Wildman–Crippen LogP) is 3.85. The Bertz CT molecular complexity index is 908. The van der Waals surface area contributed by atoms with Crippen LogP contribution in [0.4, 0.5) is 10.5 Å². The van der Waals surface area contributed by atoms with Gasteiger partial charge in [-0.15, -0.1) is 0 Å². The van der Waals surface area contributed by atoms with Gasteiger partial charge < -0.3 is 15.0 Å². The van der Waals surface area contributed by atoms with E-state index >= 15 is 0 Å². The van der Waals surface area contributed by atoms with Crippen molar-refractivity contribution in [2.24, 2.45) is 0 Å². The van der Waals surface area contributed by atoms with Gasteiger partial charge in [0.2, 0.25) is 0 Å². The standard InChI is InChI=1S/C20H21N5O2/c1-27-16-11-9-15(10-12-16)21-20(26)25-13-5-8-17(25)19-22-18(23-24-19)14-6-3-2-4-7-14/h2-4,6-7,9-12,17H,5,8,13H2,1H3,(H,21,26)(H,22,23,24). The highest BCUT2D eigenvalue weighted by Gasteiger charge is 2.32. The van der Waals surface area contributed by atoms with Crippen LogP contribution in [0, 0.1) is 0 Å². The number of aromatic nitrogens is 3. The maximum Gasteiger partial charge on any atom is 0.322 e. The van der Waals surface area contributed by atoms with Crippen LogP contribution in [0.2, 0.25) is 0 Å². The number of benzene rings is 2. The maximum absolute atomic E-state index is 12.8. The van der Waals surface area contributed by atoms with E-state index in [0.717, 1.165) is 35.7 Å². The summed E-state index contributed by atoms with van der Waals surface area (Å²) >= 11 is 0. The number of amides is 2. The average molecular weight is 363 g/mol. The van der Waals surface area contributed by atoms with E-state index in [1.165, 1.54) is 0 Å². The summed E-state index contributed by atoms with van der Waals surface area (Å²) in [5.74, 6) is 2.12. The average Bonchev–Trinajstić information content (AvgIpc) is 3.38. The molecule has 0 bridgehead atoms. The number of nitrogens with zero attached hydrogens (tertiary/aromatic N) is 3. The maximum atomic E-state index is 12.8. The van der Waals surface area contributed by atoms with E-state index < -0.39 is 0 Å². The lowest BCUT2D eigenvalue weighted by Crippen LogP contribution is -2.34. The van der Waals surface area contributed by atoms with E-state index in [-0.39, 0.29) is 12.1 Å². The number of hydrogen-bond acceptors (Lipinski definition) is 4. The number of anilines is 1. The lowest BCUT2D eigenvalue weighted by Gasteiger charge is -2.23. The summed E-state index contributed by atoms with van der Waals surface area (Å²) in [5, 5.41) is 10.3. The van der Waals surface area contributed by atoms with Crippen LogP contribution in [0.1, 0.15) is 24.7 Å².